The molecule has 0 aromatic heterocycles. The Bertz CT molecular complexity index is 1300. The summed E-state index contributed by atoms with van der Waals surface area (Å²) in [5.74, 6) is -1.73. The molecule has 0 saturated carbocycles. The number of rotatable bonds is 9. The van der Waals surface area contributed by atoms with Crippen LogP contribution in [0.15, 0.2) is 71.3 Å². The molecule has 1 saturated heterocycles. The Balaban J connectivity index is 1.39. The number of hydrogen-bond donors (Lipinski definition) is 0. The molecular formula is C23H17N3O9S. The van der Waals surface area contributed by atoms with Crippen LogP contribution in [0.3, 0.4) is 0 Å². The molecule has 0 bridgehead atoms. The molecule has 184 valence electrons. The summed E-state index contributed by atoms with van der Waals surface area (Å²) < 4.78 is 10.4. The minimum atomic E-state index is -0.768. The number of carbonyl (C=O) groups is 3. The number of carbonyl (C=O) groups excluding carboxylic acids is 3. The van der Waals surface area contributed by atoms with Crippen molar-refractivity contribution in [2.24, 2.45) is 0 Å². The van der Waals surface area contributed by atoms with Gasteiger partial charge in [-0.15, -0.1) is 0 Å². The molecule has 2 aromatic carbocycles. The fourth-order valence-corrected chi connectivity index (χ4v) is 4.67. The molecular weight excluding hydrogens is 494 g/mol. The lowest BCUT2D eigenvalue weighted by atomic mass is 10.1. The summed E-state index contributed by atoms with van der Waals surface area (Å²) in [6.45, 7) is -0.267. The SMILES string of the molecule is O=C(C=CC1=C(C(=O)OCc2ccc([N+](=O)[O-])cc2)N2C(=O)C[C@H]2S1)OCc1ccc([N+](=O)[O-])cc1. The topological polar surface area (TPSA) is 159 Å². The third-order valence-electron chi connectivity index (χ3n) is 5.25. The van der Waals surface area contributed by atoms with Crippen LogP contribution in [0.2, 0.25) is 0 Å². The van der Waals surface area contributed by atoms with Crippen LogP contribution in [-0.2, 0) is 37.1 Å². The van der Waals surface area contributed by atoms with Gasteiger partial charge in [0.25, 0.3) is 11.4 Å². The third kappa shape index (κ3) is 5.41. The van der Waals surface area contributed by atoms with Gasteiger partial charge >= 0.3 is 11.9 Å². The number of hydrogen-bond acceptors (Lipinski definition) is 10. The van der Waals surface area contributed by atoms with E-state index >= 15 is 0 Å². The summed E-state index contributed by atoms with van der Waals surface area (Å²) in [7, 11) is 0. The number of ether oxygens (including phenoxy) is 2. The van der Waals surface area contributed by atoms with Crippen molar-refractivity contribution >= 4 is 41.0 Å². The number of thioether (sulfide) groups is 1. The average Bonchev–Trinajstić information content (AvgIpc) is 3.17. The van der Waals surface area contributed by atoms with Crippen molar-refractivity contribution in [2.75, 3.05) is 0 Å². The van der Waals surface area contributed by atoms with Crippen LogP contribution >= 0.6 is 11.8 Å². The Morgan fingerprint density at radius 2 is 1.47 bits per heavy atom. The smallest absolute Gasteiger partial charge is 0.356 e. The molecule has 2 aliphatic heterocycles. The minimum absolute atomic E-state index is 0.0163. The Hall–Kier alpha value is -4.52. The predicted octanol–water partition coefficient (Wildman–Crippen LogP) is 3.36. The molecule has 2 aliphatic rings. The van der Waals surface area contributed by atoms with E-state index in [1.54, 1.807) is 0 Å². The van der Waals surface area contributed by atoms with Crippen molar-refractivity contribution in [3.05, 3.63) is 103 Å². The lowest BCUT2D eigenvalue weighted by Crippen LogP contribution is -2.48. The summed E-state index contributed by atoms with van der Waals surface area (Å²) in [6, 6.07) is 11.0. The monoisotopic (exact) mass is 511 g/mol. The van der Waals surface area contributed by atoms with E-state index in [0.717, 1.165) is 6.08 Å². The molecule has 1 fully saturated rings. The number of allylic oxidation sites excluding steroid dienone is 1. The van der Waals surface area contributed by atoms with Crippen molar-refractivity contribution in [1.29, 1.82) is 0 Å². The molecule has 4 rings (SSSR count). The number of nitrogens with zero attached hydrogens (tertiary/aromatic N) is 3. The molecule has 1 amide bonds. The Morgan fingerprint density at radius 3 is 1.97 bits per heavy atom. The van der Waals surface area contributed by atoms with Gasteiger partial charge in [-0.1, -0.05) is 11.8 Å². The van der Waals surface area contributed by atoms with Gasteiger partial charge in [0.15, 0.2) is 0 Å². The Kier molecular flexibility index (Phi) is 7.10. The molecule has 12 nitrogen and oxygen atoms in total. The second-order valence-electron chi connectivity index (χ2n) is 7.62. The first-order chi connectivity index (χ1) is 17.2. The van der Waals surface area contributed by atoms with Gasteiger partial charge in [0.1, 0.15) is 18.9 Å². The first kappa shape index (κ1) is 24.6. The van der Waals surface area contributed by atoms with Crippen LogP contribution < -0.4 is 0 Å². The number of benzene rings is 2. The van der Waals surface area contributed by atoms with Gasteiger partial charge < -0.3 is 9.47 Å². The first-order valence-corrected chi connectivity index (χ1v) is 11.3. The molecule has 13 heteroatoms. The fourth-order valence-electron chi connectivity index (χ4n) is 3.38. The Morgan fingerprint density at radius 1 is 0.944 bits per heavy atom. The number of amides is 1. The standard InChI is InChI=1S/C23H17N3O9S/c27-19-11-20-24(19)22(23(29)35-13-15-3-7-17(8-4-15)26(32)33)18(36-20)9-10-21(28)34-12-14-1-5-16(6-2-14)25(30)31/h1-10,20H,11-13H2/t20-/m1/s1. The number of non-ortho nitro benzene ring substituents is 2. The quantitative estimate of drug-likeness (QED) is 0.161. The summed E-state index contributed by atoms with van der Waals surface area (Å²) in [6.07, 6.45) is 2.73. The lowest BCUT2D eigenvalue weighted by molar-refractivity contribution is -0.385. The Labute approximate surface area is 207 Å². The maximum Gasteiger partial charge on any atom is 0.356 e. The zero-order valence-electron chi connectivity index (χ0n) is 18.4. The number of β-lactam (4-membered cyclic amide) rings is 1. The van der Waals surface area contributed by atoms with Crippen LogP contribution in [0.4, 0.5) is 11.4 Å². The molecule has 2 heterocycles. The molecule has 36 heavy (non-hydrogen) atoms. The van der Waals surface area contributed by atoms with E-state index in [2.05, 4.69) is 0 Å². The van der Waals surface area contributed by atoms with Crippen LogP contribution in [0.5, 0.6) is 0 Å². The van der Waals surface area contributed by atoms with E-state index < -0.39 is 21.8 Å². The van der Waals surface area contributed by atoms with E-state index in [4.69, 9.17) is 9.47 Å². The van der Waals surface area contributed by atoms with Gasteiger partial charge in [0, 0.05) is 35.2 Å². The molecule has 0 spiro atoms. The normalized spacial score (nSPS) is 16.5. The zero-order chi connectivity index (χ0) is 25.8. The molecule has 2 aromatic rings. The highest BCUT2D eigenvalue weighted by Crippen LogP contribution is 2.46. The van der Waals surface area contributed by atoms with Crippen molar-refractivity contribution in [1.82, 2.24) is 4.90 Å². The van der Waals surface area contributed by atoms with Crippen molar-refractivity contribution in [2.45, 2.75) is 25.0 Å². The van der Waals surface area contributed by atoms with E-state index in [-0.39, 0.29) is 48.0 Å². The first-order valence-electron chi connectivity index (χ1n) is 10.4. The summed E-state index contributed by atoms with van der Waals surface area (Å²) in [4.78, 5) is 59.1. The van der Waals surface area contributed by atoms with Gasteiger partial charge in [-0.05, 0) is 41.5 Å². The van der Waals surface area contributed by atoms with Crippen molar-refractivity contribution in [3.8, 4) is 0 Å². The lowest BCUT2D eigenvalue weighted by Gasteiger charge is -2.34. The predicted molar refractivity (Wildman–Crippen MR) is 125 cm³/mol. The average molecular weight is 511 g/mol. The molecule has 0 radical (unpaired) electrons. The van der Waals surface area contributed by atoms with Crippen molar-refractivity contribution < 1.29 is 33.7 Å². The fraction of sp³-hybridized carbons (Fsp3) is 0.174. The second-order valence-corrected chi connectivity index (χ2v) is 8.84. The molecule has 0 aliphatic carbocycles. The largest absolute Gasteiger partial charge is 0.458 e. The molecule has 0 unspecified atom stereocenters. The molecule has 0 N–H and O–H groups in total. The van der Waals surface area contributed by atoms with Gasteiger partial charge in [-0.3, -0.25) is 29.9 Å². The van der Waals surface area contributed by atoms with Crippen molar-refractivity contribution in [3.63, 3.8) is 0 Å². The maximum atomic E-state index is 12.8. The highest BCUT2D eigenvalue weighted by molar-refractivity contribution is 8.04. The van der Waals surface area contributed by atoms with E-state index in [0.29, 0.717) is 16.0 Å². The number of nitro groups is 2. The highest BCUT2D eigenvalue weighted by atomic mass is 32.2. The van der Waals surface area contributed by atoms with Crippen LogP contribution in [-0.4, -0.2) is 38.0 Å². The van der Waals surface area contributed by atoms with E-state index in [1.165, 1.54) is 71.3 Å². The summed E-state index contributed by atoms with van der Waals surface area (Å²) in [5, 5.41) is 21.2. The third-order valence-corrected chi connectivity index (χ3v) is 6.49. The number of nitro benzene ring substituents is 2. The van der Waals surface area contributed by atoms with Gasteiger partial charge in [0.2, 0.25) is 5.91 Å². The summed E-state index contributed by atoms with van der Waals surface area (Å²) in [5.41, 5.74) is 0.924. The molecule has 1 atom stereocenters. The minimum Gasteiger partial charge on any atom is -0.458 e. The van der Waals surface area contributed by atoms with Crippen LogP contribution in [0.25, 0.3) is 0 Å². The van der Waals surface area contributed by atoms with Gasteiger partial charge in [-0.25, -0.2) is 9.59 Å². The number of fused-ring (bicyclic) bond motifs is 1. The van der Waals surface area contributed by atoms with Gasteiger partial charge in [-0.2, -0.15) is 0 Å². The van der Waals surface area contributed by atoms with Gasteiger partial charge in [0.05, 0.1) is 21.6 Å². The summed E-state index contributed by atoms with van der Waals surface area (Å²) >= 11 is 1.24. The van der Waals surface area contributed by atoms with E-state index in [1.807, 2.05) is 0 Å². The number of esters is 2. The zero-order valence-corrected chi connectivity index (χ0v) is 19.2. The second kappa shape index (κ2) is 10.4. The van der Waals surface area contributed by atoms with Crippen LogP contribution in [0.1, 0.15) is 17.5 Å². The van der Waals surface area contributed by atoms with Crippen LogP contribution in [0, 0.1) is 20.2 Å². The highest BCUT2D eigenvalue weighted by Gasteiger charge is 2.48. The maximum absolute atomic E-state index is 12.8. The van der Waals surface area contributed by atoms with E-state index in [9.17, 15) is 34.6 Å².